The Morgan fingerprint density at radius 3 is 2.38 bits per heavy atom. The molecule has 2 amide bonds. The van der Waals surface area contributed by atoms with E-state index >= 15 is 0 Å². The lowest BCUT2D eigenvalue weighted by Gasteiger charge is -2.12. The minimum atomic E-state index is -0.0106. The van der Waals surface area contributed by atoms with Crippen LogP contribution in [0.4, 0.5) is 0 Å². The van der Waals surface area contributed by atoms with Crippen LogP contribution >= 0.6 is 0 Å². The van der Waals surface area contributed by atoms with Crippen LogP contribution in [-0.2, 0) is 9.59 Å². The van der Waals surface area contributed by atoms with E-state index in [1.165, 1.54) is 4.90 Å². The van der Waals surface area contributed by atoms with E-state index in [-0.39, 0.29) is 11.8 Å². The number of hydrogen-bond acceptors (Lipinski definition) is 2. The number of carbonyl (C=O) groups is 2. The molecule has 3 nitrogen and oxygen atoms in total. The number of nitrogens with zero attached hydrogens (tertiary/aromatic N) is 1. The Morgan fingerprint density at radius 2 is 1.85 bits per heavy atom. The van der Waals surface area contributed by atoms with Crippen molar-refractivity contribution in [3.8, 4) is 0 Å². The molecule has 0 unspecified atom stereocenters. The minimum Gasteiger partial charge on any atom is -0.283 e. The molecule has 0 atom stereocenters. The van der Waals surface area contributed by atoms with Crippen molar-refractivity contribution in [1.82, 2.24) is 4.90 Å². The van der Waals surface area contributed by atoms with Crippen molar-refractivity contribution < 1.29 is 9.59 Å². The first kappa shape index (κ1) is 9.96. The van der Waals surface area contributed by atoms with Crippen LogP contribution in [0.2, 0.25) is 0 Å². The summed E-state index contributed by atoms with van der Waals surface area (Å²) in [6, 6.07) is 0. The molecule has 13 heavy (non-hydrogen) atoms. The van der Waals surface area contributed by atoms with Crippen molar-refractivity contribution in [2.24, 2.45) is 0 Å². The molecule has 0 bridgehead atoms. The number of allylic oxidation sites excluding steroid dienone is 1. The maximum absolute atomic E-state index is 11.1. The Bertz CT molecular complexity index is 207. The number of likely N-dealkylation sites (tertiary alicyclic amines) is 1. The first-order valence-electron chi connectivity index (χ1n) is 4.70. The van der Waals surface area contributed by atoms with Gasteiger partial charge in [0.2, 0.25) is 11.8 Å². The lowest BCUT2D eigenvalue weighted by Crippen LogP contribution is -2.29. The van der Waals surface area contributed by atoms with Gasteiger partial charge in [-0.2, -0.15) is 0 Å². The summed E-state index contributed by atoms with van der Waals surface area (Å²) in [5.41, 5.74) is 0. The van der Waals surface area contributed by atoms with Gasteiger partial charge in [0.05, 0.1) is 0 Å². The zero-order valence-corrected chi connectivity index (χ0v) is 7.79. The van der Waals surface area contributed by atoms with Gasteiger partial charge < -0.3 is 0 Å². The highest BCUT2D eigenvalue weighted by Gasteiger charge is 2.27. The Hall–Kier alpha value is -1.12. The highest BCUT2D eigenvalue weighted by atomic mass is 16.2. The third kappa shape index (κ3) is 2.68. The topological polar surface area (TPSA) is 37.4 Å². The molecule has 0 saturated carbocycles. The van der Waals surface area contributed by atoms with Gasteiger partial charge in [0.25, 0.3) is 0 Å². The maximum Gasteiger partial charge on any atom is 0.229 e. The molecule has 3 heteroatoms. The van der Waals surface area contributed by atoms with E-state index in [9.17, 15) is 9.59 Å². The third-order valence-electron chi connectivity index (χ3n) is 2.19. The van der Waals surface area contributed by atoms with Gasteiger partial charge in [0.1, 0.15) is 0 Å². The fourth-order valence-corrected chi connectivity index (χ4v) is 1.43. The van der Waals surface area contributed by atoms with E-state index in [0.717, 1.165) is 19.3 Å². The minimum absolute atomic E-state index is 0.0106. The van der Waals surface area contributed by atoms with E-state index in [0.29, 0.717) is 19.4 Å². The summed E-state index contributed by atoms with van der Waals surface area (Å²) in [5, 5.41) is 0. The smallest absolute Gasteiger partial charge is 0.229 e. The van der Waals surface area contributed by atoms with E-state index in [4.69, 9.17) is 0 Å². The summed E-state index contributed by atoms with van der Waals surface area (Å²) >= 11 is 0. The first-order chi connectivity index (χ1) is 6.25. The molecule has 0 aromatic heterocycles. The van der Waals surface area contributed by atoms with Gasteiger partial charge in [-0.3, -0.25) is 14.5 Å². The molecule has 0 spiro atoms. The molecule has 72 valence electrons. The van der Waals surface area contributed by atoms with Gasteiger partial charge in [0.15, 0.2) is 0 Å². The highest BCUT2D eigenvalue weighted by Crippen LogP contribution is 2.12. The molecule has 1 rings (SSSR count). The van der Waals surface area contributed by atoms with Crippen molar-refractivity contribution in [2.75, 3.05) is 6.54 Å². The van der Waals surface area contributed by atoms with Crippen LogP contribution in [0.3, 0.4) is 0 Å². The molecule has 1 heterocycles. The summed E-state index contributed by atoms with van der Waals surface area (Å²) in [6.45, 7) is 4.20. The fraction of sp³-hybridized carbons (Fsp3) is 0.600. The fourth-order valence-electron chi connectivity index (χ4n) is 1.43. The van der Waals surface area contributed by atoms with Crippen LogP contribution in [0.25, 0.3) is 0 Å². The Balaban J connectivity index is 2.23. The zero-order chi connectivity index (χ0) is 9.68. The standard InChI is InChI=1S/C10H15NO2/c1-2-3-4-5-8-11-9(12)6-7-10(11)13/h2H,1,3-8H2. The van der Waals surface area contributed by atoms with Gasteiger partial charge in [-0.25, -0.2) is 0 Å². The second-order valence-corrected chi connectivity index (χ2v) is 3.22. The molecular weight excluding hydrogens is 166 g/mol. The molecule has 1 fully saturated rings. The number of amides is 2. The summed E-state index contributed by atoms with van der Waals surface area (Å²) in [4.78, 5) is 23.6. The average molecular weight is 181 g/mol. The summed E-state index contributed by atoms with van der Waals surface area (Å²) in [5.74, 6) is -0.0211. The predicted octanol–water partition coefficient (Wildman–Crippen LogP) is 1.49. The quantitative estimate of drug-likeness (QED) is 0.366. The number of imide groups is 1. The largest absolute Gasteiger partial charge is 0.283 e. The van der Waals surface area contributed by atoms with Crippen LogP contribution in [0.5, 0.6) is 0 Å². The summed E-state index contributed by atoms with van der Waals surface area (Å²) in [6.07, 6.45) is 5.51. The lowest BCUT2D eigenvalue weighted by atomic mass is 10.2. The van der Waals surface area contributed by atoms with Crippen LogP contribution in [0.1, 0.15) is 32.1 Å². The summed E-state index contributed by atoms with van der Waals surface area (Å²) in [7, 11) is 0. The molecule has 0 aromatic carbocycles. The van der Waals surface area contributed by atoms with Crippen molar-refractivity contribution in [3.05, 3.63) is 12.7 Å². The van der Waals surface area contributed by atoms with Gasteiger partial charge in [-0.05, 0) is 19.3 Å². The van der Waals surface area contributed by atoms with Gasteiger partial charge in [-0.15, -0.1) is 6.58 Å². The van der Waals surface area contributed by atoms with Crippen molar-refractivity contribution in [2.45, 2.75) is 32.1 Å². The molecule has 1 aliphatic heterocycles. The molecule has 0 aliphatic carbocycles. The van der Waals surface area contributed by atoms with E-state index in [1.807, 2.05) is 6.08 Å². The molecule has 0 radical (unpaired) electrons. The maximum atomic E-state index is 11.1. The Kier molecular flexibility index (Phi) is 3.68. The van der Waals surface area contributed by atoms with E-state index in [2.05, 4.69) is 6.58 Å². The molecule has 1 saturated heterocycles. The van der Waals surface area contributed by atoms with Crippen LogP contribution < -0.4 is 0 Å². The van der Waals surface area contributed by atoms with Crippen molar-refractivity contribution in [3.63, 3.8) is 0 Å². The lowest BCUT2D eigenvalue weighted by molar-refractivity contribution is -0.138. The Morgan fingerprint density at radius 1 is 1.23 bits per heavy atom. The number of carbonyl (C=O) groups excluding carboxylic acids is 2. The summed E-state index contributed by atoms with van der Waals surface area (Å²) < 4.78 is 0. The van der Waals surface area contributed by atoms with Crippen molar-refractivity contribution in [1.29, 1.82) is 0 Å². The number of hydrogen-bond donors (Lipinski definition) is 0. The monoisotopic (exact) mass is 181 g/mol. The van der Waals surface area contributed by atoms with E-state index in [1.54, 1.807) is 0 Å². The van der Waals surface area contributed by atoms with Crippen LogP contribution in [0.15, 0.2) is 12.7 Å². The van der Waals surface area contributed by atoms with Gasteiger partial charge in [-0.1, -0.05) is 6.08 Å². The van der Waals surface area contributed by atoms with Crippen molar-refractivity contribution >= 4 is 11.8 Å². The molecule has 0 N–H and O–H groups in total. The van der Waals surface area contributed by atoms with E-state index < -0.39 is 0 Å². The second-order valence-electron chi connectivity index (χ2n) is 3.22. The number of unbranched alkanes of at least 4 members (excludes halogenated alkanes) is 2. The molecule has 0 aromatic rings. The SMILES string of the molecule is C=CCCCCN1C(=O)CCC1=O. The molecular formula is C10H15NO2. The second kappa shape index (κ2) is 4.80. The first-order valence-corrected chi connectivity index (χ1v) is 4.70. The zero-order valence-electron chi connectivity index (χ0n) is 7.79. The third-order valence-corrected chi connectivity index (χ3v) is 2.19. The van der Waals surface area contributed by atoms with Crippen LogP contribution in [0, 0.1) is 0 Å². The highest BCUT2D eigenvalue weighted by molar-refractivity contribution is 6.01. The molecule has 1 aliphatic rings. The van der Waals surface area contributed by atoms with Crippen LogP contribution in [-0.4, -0.2) is 23.3 Å². The predicted molar refractivity (Wildman–Crippen MR) is 50.0 cm³/mol. The average Bonchev–Trinajstić information content (AvgIpc) is 2.42. The normalized spacial score (nSPS) is 16.8. The Labute approximate surface area is 78.4 Å². The van der Waals surface area contributed by atoms with Gasteiger partial charge >= 0.3 is 0 Å². The van der Waals surface area contributed by atoms with Gasteiger partial charge in [0, 0.05) is 19.4 Å². The number of rotatable bonds is 5.